The Morgan fingerprint density at radius 1 is 1.26 bits per heavy atom. The van der Waals surface area contributed by atoms with Crippen molar-refractivity contribution in [2.75, 3.05) is 12.3 Å². The number of sulfonamides is 1. The van der Waals surface area contributed by atoms with E-state index in [1.807, 2.05) is 5.10 Å². The van der Waals surface area contributed by atoms with Crippen molar-refractivity contribution < 1.29 is 21.6 Å². The van der Waals surface area contributed by atoms with Gasteiger partial charge in [0.2, 0.25) is 10.0 Å². The maximum absolute atomic E-state index is 12.6. The van der Waals surface area contributed by atoms with Gasteiger partial charge in [-0.2, -0.15) is 22.6 Å². The lowest BCUT2D eigenvalue weighted by Crippen LogP contribution is -2.25. The third-order valence-corrected chi connectivity index (χ3v) is 5.57. The minimum absolute atomic E-state index is 0.140. The van der Waals surface area contributed by atoms with Gasteiger partial charge in [-0.05, 0) is 24.1 Å². The van der Waals surface area contributed by atoms with Crippen LogP contribution in [0.2, 0.25) is 0 Å². The maximum Gasteiger partial charge on any atom is 0.432 e. The van der Waals surface area contributed by atoms with Crippen LogP contribution in [0.3, 0.4) is 0 Å². The van der Waals surface area contributed by atoms with Crippen molar-refractivity contribution in [1.82, 2.24) is 14.5 Å². The summed E-state index contributed by atoms with van der Waals surface area (Å²) in [6.07, 6.45) is -3.89. The standard InChI is InChI=1S/C14H14F3N3O2S/c15-14(16,17)13-8-12(18-19-13)11-4-1-3-10(7-11)9-20-5-2-6-23(20,21)22/h1,3-4,7-8H,2,5-6,9H2,(H,18,19). The summed E-state index contributed by atoms with van der Waals surface area (Å²) < 4.78 is 62.8. The number of hydrogen-bond acceptors (Lipinski definition) is 3. The van der Waals surface area contributed by atoms with Crippen molar-refractivity contribution in [3.8, 4) is 11.3 Å². The first-order valence-corrected chi connectivity index (χ1v) is 8.56. The molecule has 0 unspecified atom stereocenters. The highest BCUT2D eigenvalue weighted by atomic mass is 32.2. The summed E-state index contributed by atoms with van der Waals surface area (Å²) in [5.74, 6) is 0.140. The van der Waals surface area contributed by atoms with Crippen molar-refractivity contribution >= 4 is 10.0 Å². The van der Waals surface area contributed by atoms with Crippen molar-refractivity contribution in [2.24, 2.45) is 0 Å². The highest BCUT2D eigenvalue weighted by Gasteiger charge is 2.33. The highest BCUT2D eigenvalue weighted by molar-refractivity contribution is 7.89. The highest BCUT2D eigenvalue weighted by Crippen LogP contribution is 2.30. The molecule has 0 bridgehead atoms. The number of alkyl halides is 3. The minimum Gasteiger partial charge on any atom is -0.273 e. The number of rotatable bonds is 3. The van der Waals surface area contributed by atoms with E-state index in [2.05, 4.69) is 5.10 Å². The SMILES string of the molecule is O=S1(=O)CCCN1Cc1cccc(-c2cc(C(F)(F)F)[nH]n2)c1. The lowest BCUT2D eigenvalue weighted by atomic mass is 10.1. The van der Waals surface area contributed by atoms with E-state index in [4.69, 9.17) is 0 Å². The Labute approximate surface area is 131 Å². The number of aromatic amines is 1. The van der Waals surface area contributed by atoms with E-state index in [9.17, 15) is 21.6 Å². The molecule has 9 heteroatoms. The van der Waals surface area contributed by atoms with Crippen LogP contribution in [-0.4, -0.2) is 35.2 Å². The summed E-state index contributed by atoms with van der Waals surface area (Å²) in [7, 11) is -3.22. The second-order valence-corrected chi connectivity index (χ2v) is 7.46. The fraction of sp³-hybridized carbons (Fsp3) is 0.357. The van der Waals surface area contributed by atoms with Gasteiger partial charge in [0.25, 0.3) is 0 Å². The van der Waals surface area contributed by atoms with Crippen LogP contribution in [0.5, 0.6) is 0 Å². The summed E-state index contributed by atoms with van der Waals surface area (Å²) >= 11 is 0. The molecular formula is C14H14F3N3O2S. The van der Waals surface area contributed by atoms with Crippen molar-refractivity contribution in [2.45, 2.75) is 19.1 Å². The van der Waals surface area contributed by atoms with Crippen LogP contribution in [0.1, 0.15) is 17.7 Å². The van der Waals surface area contributed by atoms with Gasteiger partial charge in [0.05, 0.1) is 11.4 Å². The molecule has 0 spiro atoms. The molecule has 124 valence electrons. The van der Waals surface area contributed by atoms with Crippen LogP contribution >= 0.6 is 0 Å². The smallest absolute Gasteiger partial charge is 0.273 e. The molecule has 0 radical (unpaired) electrons. The van der Waals surface area contributed by atoms with Gasteiger partial charge in [-0.1, -0.05) is 18.2 Å². The number of nitrogens with zero attached hydrogens (tertiary/aromatic N) is 2. The van der Waals surface area contributed by atoms with E-state index in [0.29, 0.717) is 24.1 Å². The second-order valence-electron chi connectivity index (χ2n) is 5.37. The quantitative estimate of drug-likeness (QED) is 0.930. The summed E-state index contributed by atoms with van der Waals surface area (Å²) in [6.45, 7) is 0.680. The van der Waals surface area contributed by atoms with Crippen LogP contribution in [0.4, 0.5) is 13.2 Å². The Hall–Kier alpha value is -1.87. The topological polar surface area (TPSA) is 66.1 Å². The van der Waals surface area contributed by atoms with E-state index in [1.54, 1.807) is 24.3 Å². The molecule has 0 atom stereocenters. The Morgan fingerprint density at radius 3 is 2.65 bits per heavy atom. The third kappa shape index (κ3) is 3.40. The fourth-order valence-corrected chi connectivity index (χ4v) is 4.02. The van der Waals surface area contributed by atoms with Crippen LogP contribution in [0.25, 0.3) is 11.3 Å². The average molecular weight is 345 g/mol. The molecule has 2 aromatic rings. The van der Waals surface area contributed by atoms with E-state index >= 15 is 0 Å². The van der Waals surface area contributed by atoms with E-state index in [-0.39, 0.29) is 18.0 Å². The predicted octanol–water partition coefficient (Wildman–Crippen LogP) is 2.63. The van der Waals surface area contributed by atoms with E-state index in [1.165, 1.54) is 4.31 Å². The summed E-state index contributed by atoms with van der Waals surface area (Å²) in [6, 6.07) is 7.65. The molecule has 23 heavy (non-hydrogen) atoms. The molecule has 5 nitrogen and oxygen atoms in total. The summed E-state index contributed by atoms with van der Waals surface area (Å²) in [5.41, 5.74) is 0.471. The number of halogens is 3. The number of H-pyrrole nitrogens is 1. The molecule has 0 amide bonds. The fourth-order valence-electron chi connectivity index (χ4n) is 2.52. The Kier molecular flexibility index (Phi) is 3.93. The van der Waals surface area contributed by atoms with Crippen molar-refractivity contribution in [3.05, 3.63) is 41.6 Å². The van der Waals surface area contributed by atoms with Crippen molar-refractivity contribution in [1.29, 1.82) is 0 Å². The van der Waals surface area contributed by atoms with Gasteiger partial charge < -0.3 is 0 Å². The molecule has 2 heterocycles. The normalized spacial score (nSPS) is 18.4. The molecule has 1 saturated heterocycles. The molecule has 1 fully saturated rings. The van der Waals surface area contributed by atoms with Gasteiger partial charge in [-0.3, -0.25) is 5.10 Å². The average Bonchev–Trinajstić information content (AvgIpc) is 3.07. The zero-order valence-electron chi connectivity index (χ0n) is 12.0. The van der Waals surface area contributed by atoms with Gasteiger partial charge in [0, 0.05) is 18.7 Å². The minimum atomic E-state index is -4.48. The first-order valence-electron chi connectivity index (χ1n) is 6.95. The number of aromatic nitrogens is 2. The third-order valence-electron chi connectivity index (χ3n) is 3.67. The lowest BCUT2D eigenvalue weighted by molar-refractivity contribution is -0.141. The maximum atomic E-state index is 12.6. The zero-order valence-corrected chi connectivity index (χ0v) is 12.8. The number of nitrogens with one attached hydrogen (secondary N) is 1. The Morgan fingerprint density at radius 2 is 2.04 bits per heavy atom. The van der Waals surface area contributed by atoms with Gasteiger partial charge >= 0.3 is 6.18 Å². The second kappa shape index (κ2) is 5.64. The molecule has 3 rings (SSSR count). The first kappa shape index (κ1) is 16.0. The molecule has 0 aliphatic carbocycles. The zero-order chi connectivity index (χ0) is 16.7. The van der Waals surface area contributed by atoms with Crippen LogP contribution in [0.15, 0.2) is 30.3 Å². The van der Waals surface area contributed by atoms with E-state index < -0.39 is 21.9 Å². The molecule has 1 aromatic heterocycles. The molecule has 1 aliphatic rings. The number of hydrogen-bond donors (Lipinski definition) is 1. The van der Waals surface area contributed by atoms with E-state index in [0.717, 1.165) is 6.07 Å². The van der Waals surface area contributed by atoms with Gasteiger partial charge in [0.15, 0.2) is 0 Å². The summed E-state index contributed by atoms with van der Waals surface area (Å²) in [4.78, 5) is 0. The largest absolute Gasteiger partial charge is 0.432 e. The van der Waals surface area contributed by atoms with Gasteiger partial charge in [0.1, 0.15) is 5.69 Å². The number of benzene rings is 1. The van der Waals surface area contributed by atoms with Gasteiger partial charge in [-0.15, -0.1) is 0 Å². The molecule has 0 saturated carbocycles. The van der Waals surface area contributed by atoms with Gasteiger partial charge in [-0.25, -0.2) is 8.42 Å². The summed E-state index contributed by atoms with van der Waals surface area (Å²) in [5, 5.41) is 5.65. The first-order chi connectivity index (χ1) is 10.8. The Bertz CT molecular complexity index is 815. The van der Waals surface area contributed by atoms with Crippen LogP contribution in [0, 0.1) is 0 Å². The predicted molar refractivity (Wildman–Crippen MR) is 77.8 cm³/mol. The van der Waals surface area contributed by atoms with Crippen molar-refractivity contribution in [3.63, 3.8) is 0 Å². The molecule has 1 aromatic carbocycles. The Balaban J connectivity index is 1.84. The molecular weight excluding hydrogens is 331 g/mol. The van der Waals surface area contributed by atoms with Crippen LogP contribution < -0.4 is 0 Å². The molecule has 1 aliphatic heterocycles. The van der Waals surface area contributed by atoms with Crippen LogP contribution in [-0.2, 0) is 22.7 Å². The monoisotopic (exact) mass is 345 g/mol. The lowest BCUT2D eigenvalue weighted by Gasteiger charge is -2.14. The molecule has 1 N–H and O–H groups in total.